The lowest BCUT2D eigenvalue weighted by molar-refractivity contribution is -0.153. The quantitative estimate of drug-likeness (QED) is 0.437. The van der Waals surface area contributed by atoms with Crippen LogP contribution in [0, 0.1) is 22.7 Å². The molecule has 0 fully saturated rings. The van der Waals surface area contributed by atoms with Crippen molar-refractivity contribution in [2.24, 2.45) is 5.92 Å². The van der Waals surface area contributed by atoms with Crippen LogP contribution < -0.4 is 0 Å². The number of ether oxygens (including phenoxy) is 1. The fourth-order valence-corrected chi connectivity index (χ4v) is 4.31. The van der Waals surface area contributed by atoms with Crippen LogP contribution >= 0.6 is 11.3 Å². The number of thiazole rings is 1. The number of hydrogen-bond donors (Lipinski definition) is 1. The topological polar surface area (TPSA) is 104 Å². The molecule has 1 heterocycles. The molecule has 0 radical (unpaired) electrons. The molecule has 2 atom stereocenters. The molecule has 0 aliphatic rings. The van der Waals surface area contributed by atoms with Crippen molar-refractivity contribution in [1.29, 1.82) is 10.7 Å². The summed E-state index contributed by atoms with van der Waals surface area (Å²) in [4.78, 5) is 30.0. The molecule has 0 spiro atoms. The number of nitrogens with one attached hydrogen (secondary N) is 1. The van der Waals surface area contributed by atoms with Crippen molar-refractivity contribution in [2.75, 3.05) is 6.61 Å². The number of hydrogen-bond acceptors (Lipinski definition) is 7. The zero-order valence-corrected chi connectivity index (χ0v) is 17.5. The number of para-hydroxylation sites is 1. The second-order valence-corrected chi connectivity index (χ2v) is 8.35. The molecule has 0 aliphatic heterocycles. The Morgan fingerprint density at radius 1 is 1.20 bits per heavy atom. The molecule has 3 rings (SSSR count). The van der Waals surface area contributed by atoms with Crippen LogP contribution in [0.15, 0.2) is 54.6 Å². The van der Waals surface area contributed by atoms with Crippen LogP contribution in [0.3, 0.4) is 0 Å². The summed E-state index contributed by atoms with van der Waals surface area (Å²) >= 11 is 1.52. The number of nitriles is 1. The number of Topliss-reactive ketones (excluding diaryl/α,β-unsaturated/α-hetero) is 1. The highest BCUT2D eigenvalue weighted by Gasteiger charge is 2.39. The number of esters is 1. The average Bonchev–Trinajstić information content (AvgIpc) is 3.14. The second-order valence-electron chi connectivity index (χ2n) is 7.24. The van der Waals surface area contributed by atoms with E-state index in [-0.39, 0.29) is 5.71 Å². The monoisotopic (exact) mass is 419 g/mol. The van der Waals surface area contributed by atoms with Gasteiger partial charge in [-0.3, -0.25) is 9.59 Å². The van der Waals surface area contributed by atoms with E-state index in [1.54, 1.807) is 13.0 Å². The van der Waals surface area contributed by atoms with Crippen LogP contribution in [-0.2, 0) is 26.2 Å². The number of fused-ring (bicyclic) bond motifs is 1. The first-order valence-electron chi connectivity index (χ1n) is 9.39. The van der Waals surface area contributed by atoms with E-state index in [0.717, 1.165) is 20.8 Å². The van der Waals surface area contributed by atoms with E-state index in [9.17, 15) is 9.59 Å². The molecule has 1 N–H and O–H groups in total. The molecule has 0 saturated carbocycles. The zero-order valence-electron chi connectivity index (χ0n) is 16.7. The lowest BCUT2D eigenvalue weighted by atomic mass is 9.79. The summed E-state index contributed by atoms with van der Waals surface area (Å²) in [7, 11) is 0. The molecule has 30 heavy (non-hydrogen) atoms. The van der Waals surface area contributed by atoms with Crippen molar-refractivity contribution in [3.63, 3.8) is 0 Å². The minimum Gasteiger partial charge on any atom is -0.457 e. The molecule has 0 aliphatic carbocycles. The van der Waals surface area contributed by atoms with Crippen molar-refractivity contribution in [3.05, 3.63) is 65.2 Å². The van der Waals surface area contributed by atoms with Gasteiger partial charge in [0.15, 0.2) is 12.4 Å². The van der Waals surface area contributed by atoms with Crippen LogP contribution in [0.2, 0.25) is 0 Å². The number of aromatic nitrogens is 1. The maximum Gasteiger partial charge on any atom is 0.317 e. The van der Waals surface area contributed by atoms with Gasteiger partial charge in [-0.2, -0.15) is 5.26 Å². The highest BCUT2D eigenvalue weighted by molar-refractivity contribution is 7.18. The molecule has 1 aromatic heterocycles. The van der Waals surface area contributed by atoms with Gasteiger partial charge in [0, 0.05) is 12.1 Å². The first kappa shape index (κ1) is 21.3. The largest absolute Gasteiger partial charge is 0.457 e. The fourth-order valence-electron chi connectivity index (χ4n) is 3.19. The van der Waals surface area contributed by atoms with E-state index >= 15 is 0 Å². The first-order chi connectivity index (χ1) is 14.3. The smallest absolute Gasteiger partial charge is 0.317 e. The molecular formula is C23H21N3O3S. The third kappa shape index (κ3) is 4.44. The average molecular weight is 420 g/mol. The summed E-state index contributed by atoms with van der Waals surface area (Å²) in [6.45, 7) is 2.61. The minimum atomic E-state index is -1.20. The molecule has 152 valence electrons. The van der Waals surface area contributed by atoms with E-state index in [4.69, 9.17) is 15.4 Å². The summed E-state index contributed by atoms with van der Waals surface area (Å²) in [6, 6.07) is 18.8. The van der Waals surface area contributed by atoms with Crippen molar-refractivity contribution in [3.8, 4) is 6.07 Å². The van der Waals surface area contributed by atoms with Crippen molar-refractivity contribution >= 4 is 39.0 Å². The van der Waals surface area contributed by atoms with Crippen LogP contribution in [0.25, 0.3) is 10.2 Å². The van der Waals surface area contributed by atoms with Gasteiger partial charge in [0.1, 0.15) is 5.92 Å². The predicted octanol–water partition coefficient (Wildman–Crippen LogP) is 4.09. The minimum absolute atomic E-state index is 0.0705. The van der Waals surface area contributed by atoms with E-state index in [0.29, 0.717) is 6.42 Å². The van der Waals surface area contributed by atoms with Gasteiger partial charge in [0.05, 0.1) is 26.7 Å². The van der Waals surface area contributed by atoms with Crippen molar-refractivity contribution in [2.45, 2.75) is 25.7 Å². The van der Waals surface area contributed by atoms with E-state index in [1.807, 2.05) is 54.6 Å². The van der Waals surface area contributed by atoms with Gasteiger partial charge in [-0.1, -0.05) is 42.5 Å². The third-order valence-electron chi connectivity index (χ3n) is 4.93. The molecule has 0 amide bonds. The predicted molar refractivity (Wildman–Crippen MR) is 116 cm³/mol. The van der Waals surface area contributed by atoms with Crippen molar-refractivity contribution < 1.29 is 14.3 Å². The zero-order chi connectivity index (χ0) is 21.7. The lowest BCUT2D eigenvalue weighted by Gasteiger charge is -2.27. The van der Waals surface area contributed by atoms with Crippen LogP contribution in [0.5, 0.6) is 0 Å². The van der Waals surface area contributed by atoms with Crippen molar-refractivity contribution in [1.82, 2.24) is 4.98 Å². The fraction of sp³-hybridized carbons (Fsp3) is 0.261. The Morgan fingerprint density at radius 3 is 2.50 bits per heavy atom. The third-order valence-corrected chi connectivity index (χ3v) is 5.97. The number of carbonyl (C=O) groups is 2. The van der Waals surface area contributed by atoms with Gasteiger partial charge in [0.2, 0.25) is 0 Å². The van der Waals surface area contributed by atoms with Gasteiger partial charge in [-0.25, -0.2) is 4.98 Å². The van der Waals surface area contributed by atoms with Crippen LogP contribution in [-0.4, -0.2) is 29.1 Å². The maximum absolute atomic E-state index is 13.1. The molecule has 2 aromatic carbocycles. The van der Waals surface area contributed by atoms with E-state index in [1.165, 1.54) is 18.3 Å². The normalized spacial score (nSPS) is 13.8. The maximum atomic E-state index is 13.1. The van der Waals surface area contributed by atoms with Gasteiger partial charge >= 0.3 is 5.97 Å². The SMILES string of the molecule is CC(=N)C(C#N)C(=O)COC(=O)[C@@](C)(Cc1nc2ccccc2s1)c1ccccc1. The molecule has 6 nitrogen and oxygen atoms in total. The Balaban J connectivity index is 1.86. The number of benzene rings is 2. The van der Waals surface area contributed by atoms with Crippen LogP contribution in [0.4, 0.5) is 0 Å². The second kappa shape index (κ2) is 8.97. The van der Waals surface area contributed by atoms with Gasteiger partial charge in [-0.05, 0) is 31.5 Å². The lowest BCUT2D eigenvalue weighted by Crippen LogP contribution is -2.38. The number of ketones is 1. The Morgan fingerprint density at radius 2 is 1.87 bits per heavy atom. The Kier molecular flexibility index (Phi) is 6.38. The molecule has 3 aromatic rings. The molecule has 1 unspecified atom stereocenters. The molecule has 0 saturated heterocycles. The molecular weight excluding hydrogens is 398 g/mol. The molecule has 0 bridgehead atoms. The summed E-state index contributed by atoms with van der Waals surface area (Å²) in [5.74, 6) is -2.38. The van der Waals surface area contributed by atoms with E-state index in [2.05, 4.69) is 4.98 Å². The van der Waals surface area contributed by atoms with E-state index < -0.39 is 29.7 Å². The summed E-state index contributed by atoms with van der Waals surface area (Å²) in [6.07, 6.45) is 0.314. The van der Waals surface area contributed by atoms with Gasteiger partial charge in [0.25, 0.3) is 0 Å². The highest BCUT2D eigenvalue weighted by atomic mass is 32.1. The Labute approximate surface area is 178 Å². The highest BCUT2D eigenvalue weighted by Crippen LogP contribution is 2.33. The first-order valence-corrected chi connectivity index (χ1v) is 10.2. The Bertz CT molecular complexity index is 1100. The van der Waals surface area contributed by atoms with Gasteiger partial charge in [-0.15, -0.1) is 11.3 Å². The number of nitrogens with zero attached hydrogens (tertiary/aromatic N) is 2. The molecule has 7 heteroatoms. The summed E-state index contributed by atoms with van der Waals surface area (Å²) < 4.78 is 6.38. The number of carbonyl (C=O) groups excluding carboxylic acids is 2. The summed E-state index contributed by atoms with van der Waals surface area (Å²) in [5, 5.41) is 17.4. The number of rotatable bonds is 8. The standard InChI is InChI=1S/C23H21N3O3S/c1-15(25)17(13-24)19(27)14-29-22(28)23(2,16-8-4-3-5-9-16)12-21-26-18-10-6-7-11-20(18)30-21/h3-11,17,25H,12,14H2,1-2H3/t17?,23-/m0/s1. The van der Waals surface area contributed by atoms with Crippen LogP contribution in [0.1, 0.15) is 24.4 Å². The Hall–Kier alpha value is -3.37. The summed E-state index contributed by atoms with van der Waals surface area (Å²) in [5.41, 5.74) is 0.493. The van der Waals surface area contributed by atoms with Gasteiger partial charge < -0.3 is 10.1 Å².